The maximum absolute atomic E-state index is 10.3. The molecular weight excluding hydrogens is 396 g/mol. The second kappa shape index (κ2) is 9.34. The van der Waals surface area contributed by atoms with Gasteiger partial charge in [0.1, 0.15) is 6.10 Å². The average Bonchev–Trinajstić information content (AvgIpc) is 3.11. The Hall–Kier alpha value is -0.380. The van der Waals surface area contributed by atoms with E-state index in [2.05, 4.69) is 47.6 Å². The number of aliphatic hydroxyl groups is 1. The topological polar surface area (TPSA) is 49.7 Å². The van der Waals surface area contributed by atoms with Gasteiger partial charge in [-0.15, -0.1) is 0 Å². The van der Waals surface area contributed by atoms with Gasteiger partial charge in [-0.25, -0.2) is 4.89 Å². The Kier molecular flexibility index (Phi) is 7.22. The van der Waals surface area contributed by atoms with E-state index in [-0.39, 0.29) is 17.6 Å². The Labute approximate surface area is 197 Å². The van der Waals surface area contributed by atoms with Crippen molar-refractivity contribution in [2.75, 3.05) is 0 Å². The Morgan fingerprint density at radius 2 is 1.78 bits per heavy atom. The van der Waals surface area contributed by atoms with Gasteiger partial charge in [-0.3, -0.25) is 5.26 Å². The van der Waals surface area contributed by atoms with E-state index in [0.717, 1.165) is 42.9 Å². The van der Waals surface area contributed by atoms with Gasteiger partial charge in [0.05, 0.1) is 6.10 Å². The number of hydrogen-bond donors (Lipinski definition) is 2. The summed E-state index contributed by atoms with van der Waals surface area (Å²) in [7, 11) is 0. The van der Waals surface area contributed by atoms with Gasteiger partial charge in [0.15, 0.2) is 0 Å². The molecule has 3 nitrogen and oxygen atoms in total. The first kappa shape index (κ1) is 24.7. The van der Waals surface area contributed by atoms with Crippen LogP contribution in [0.4, 0.5) is 0 Å². The third-order valence-corrected chi connectivity index (χ3v) is 11.4. The summed E-state index contributed by atoms with van der Waals surface area (Å²) in [5.41, 5.74) is 1.89. The van der Waals surface area contributed by atoms with Crippen molar-refractivity contribution in [2.24, 2.45) is 52.3 Å². The number of rotatable bonds is 7. The van der Waals surface area contributed by atoms with Crippen molar-refractivity contribution in [3.8, 4) is 0 Å². The molecule has 0 aromatic heterocycles. The van der Waals surface area contributed by atoms with Gasteiger partial charge in [-0.05, 0) is 104 Å². The lowest BCUT2D eigenvalue weighted by molar-refractivity contribution is -0.296. The van der Waals surface area contributed by atoms with Gasteiger partial charge in [0.25, 0.3) is 0 Å². The third-order valence-electron chi connectivity index (χ3n) is 11.4. The first-order valence-corrected chi connectivity index (χ1v) is 13.8. The molecule has 4 aliphatic carbocycles. The minimum absolute atomic E-state index is 0.176. The molecule has 10 atom stereocenters. The molecule has 4 aliphatic rings. The van der Waals surface area contributed by atoms with Crippen molar-refractivity contribution in [1.29, 1.82) is 0 Å². The summed E-state index contributed by atoms with van der Waals surface area (Å²) in [6, 6.07) is 0. The maximum atomic E-state index is 10.3. The zero-order valence-corrected chi connectivity index (χ0v) is 21.6. The van der Waals surface area contributed by atoms with Crippen molar-refractivity contribution >= 4 is 0 Å². The summed E-state index contributed by atoms with van der Waals surface area (Å²) < 4.78 is 0. The molecule has 184 valence electrons. The zero-order chi connectivity index (χ0) is 23.3. The summed E-state index contributed by atoms with van der Waals surface area (Å²) in [6.07, 6.45) is 13.8. The second-order valence-electron chi connectivity index (χ2n) is 13.1. The largest absolute Gasteiger partial charge is 0.393 e. The second-order valence-corrected chi connectivity index (χ2v) is 13.1. The molecule has 4 rings (SSSR count). The molecule has 0 aromatic carbocycles. The quantitative estimate of drug-likeness (QED) is 0.242. The summed E-state index contributed by atoms with van der Waals surface area (Å²) in [6.45, 7) is 14.7. The van der Waals surface area contributed by atoms with Crippen LogP contribution in [0.15, 0.2) is 11.6 Å². The van der Waals surface area contributed by atoms with E-state index < -0.39 is 0 Å². The Morgan fingerprint density at radius 3 is 2.44 bits per heavy atom. The standard InChI is InChI=1S/C29H50O3/c1-7-20(18(2)3)9-8-19(4)23-10-11-24-27-25(13-15-29(23,24)6)28(5)14-12-22(30)16-21(28)17-26(27)32-31/h17-20,22-27,30-31H,7-16H2,1-6H3. The van der Waals surface area contributed by atoms with Crippen LogP contribution in [0.3, 0.4) is 0 Å². The lowest BCUT2D eigenvalue weighted by atomic mass is 9.46. The molecule has 0 amide bonds. The SMILES string of the molecule is CCC(CCC(C)C1CCC2C3C(OO)C=C4CC(O)CCC4(C)C3CCC12C)C(C)C. The van der Waals surface area contributed by atoms with E-state index in [1.807, 2.05) is 0 Å². The molecule has 0 radical (unpaired) electrons. The van der Waals surface area contributed by atoms with Crippen molar-refractivity contribution in [2.45, 2.75) is 118 Å². The van der Waals surface area contributed by atoms with Gasteiger partial charge in [-0.1, -0.05) is 66.0 Å². The van der Waals surface area contributed by atoms with E-state index in [1.165, 1.54) is 50.5 Å². The molecule has 0 bridgehead atoms. The molecular formula is C29H50O3. The van der Waals surface area contributed by atoms with Crippen LogP contribution in [0.2, 0.25) is 0 Å². The van der Waals surface area contributed by atoms with Gasteiger partial charge in [0.2, 0.25) is 0 Å². The minimum atomic E-state index is -0.228. The number of fused-ring (bicyclic) bond motifs is 5. The highest BCUT2D eigenvalue weighted by molar-refractivity contribution is 5.28. The predicted molar refractivity (Wildman–Crippen MR) is 131 cm³/mol. The summed E-state index contributed by atoms with van der Waals surface area (Å²) in [4.78, 5) is 5.20. The molecule has 0 saturated heterocycles. The lowest BCUT2D eigenvalue weighted by Crippen LogP contribution is -2.55. The van der Waals surface area contributed by atoms with Crippen molar-refractivity contribution in [3.05, 3.63) is 11.6 Å². The minimum Gasteiger partial charge on any atom is -0.393 e. The monoisotopic (exact) mass is 446 g/mol. The highest BCUT2D eigenvalue weighted by Gasteiger charge is 2.61. The fraction of sp³-hybridized carbons (Fsp3) is 0.931. The average molecular weight is 447 g/mol. The van der Waals surface area contributed by atoms with Gasteiger partial charge in [0, 0.05) is 0 Å². The van der Waals surface area contributed by atoms with Crippen LogP contribution in [0.1, 0.15) is 106 Å². The van der Waals surface area contributed by atoms with Gasteiger partial charge >= 0.3 is 0 Å². The molecule has 3 heteroatoms. The summed E-state index contributed by atoms with van der Waals surface area (Å²) in [5, 5.41) is 20.3. The molecule has 0 aromatic rings. The highest BCUT2D eigenvalue weighted by atomic mass is 17.1. The molecule has 0 heterocycles. The van der Waals surface area contributed by atoms with Crippen LogP contribution in [0.5, 0.6) is 0 Å². The van der Waals surface area contributed by atoms with E-state index >= 15 is 0 Å². The third kappa shape index (κ3) is 4.03. The number of aliphatic hydroxyl groups excluding tert-OH is 1. The van der Waals surface area contributed by atoms with Crippen LogP contribution in [-0.4, -0.2) is 22.6 Å². The molecule has 3 fully saturated rings. The van der Waals surface area contributed by atoms with Gasteiger partial charge < -0.3 is 5.11 Å². The first-order chi connectivity index (χ1) is 15.2. The Morgan fingerprint density at radius 1 is 1.03 bits per heavy atom. The summed E-state index contributed by atoms with van der Waals surface area (Å²) >= 11 is 0. The molecule has 2 N–H and O–H groups in total. The van der Waals surface area contributed by atoms with Crippen LogP contribution in [0, 0.1) is 52.3 Å². The Bertz CT molecular complexity index is 686. The van der Waals surface area contributed by atoms with E-state index in [9.17, 15) is 10.4 Å². The molecule has 0 spiro atoms. The molecule has 10 unspecified atom stereocenters. The maximum Gasteiger partial charge on any atom is 0.114 e. The molecule has 3 saturated carbocycles. The van der Waals surface area contributed by atoms with E-state index in [4.69, 9.17) is 4.89 Å². The fourth-order valence-corrected chi connectivity index (χ4v) is 9.37. The first-order valence-electron chi connectivity index (χ1n) is 13.8. The van der Waals surface area contributed by atoms with Crippen LogP contribution in [-0.2, 0) is 4.89 Å². The van der Waals surface area contributed by atoms with Crippen molar-refractivity contribution in [3.63, 3.8) is 0 Å². The molecule has 32 heavy (non-hydrogen) atoms. The lowest BCUT2D eigenvalue weighted by Gasteiger charge is -2.59. The summed E-state index contributed by atoms with van der Waals surface area (Å²) in [5.74, 6) is 4.84. The normalized spacial score (nSPS) is 45.6. The predicted octanol–water partition coefficient (Wildman–Crippen LogP) is 7.49. The van der Waals surface area contributed by atoms with Crippen LogP contribution in [0.25, 0.3) is 0 Å². The fourth-order valence-electron chi connectivity index (χ4n) is 9.37. The van der Waals surface area contributed by atoms with Gasteiger partial charge in [-0.2, -0.15) is 0 Å². The zero-order valence-electron chi connectivity index (χ0n) is 21.6. The van der Waals surface area contributed by atoms with Crippen LogP contribution < -0.4 is 0 Å². The van der Waals surface area contributed by atoms with Crippen molar-refractivity contribution in [1.82, 2.24) is 0 Å². The smallest absolute Gasteiger partial charge is 0.114 e. The Balaban J connectivity index is 1.54. The van der Waals surface area contributed by atoms with E-state index in [1.54, 1.807) is 0 Å². The number of hydrogen-bond acceptors (Lipinski definition) is 3. The molecule has 0 aliphatic heterocycles. The van der Waals surface area contributed by atoms with E-state index in [0.29, 0.717) is 23.2 Å². The highest BCUT2D eigenvalue weighted by Crippen LogP contribution is 2.67. The van der Waals surface area contributed by atoms with Crippen LogP contribution >= 0.6 is 0 Å². The van der Waals surface area contributed by atoms with Crippen molar-refractivity contribution < 1.29 is 15.3 Å².